The minimum absolute atomic E-state index is 0.122. The first kappa shape index (κ1) is 15.1. The third-order valence-corrected chi connectivity index (χ3v) is 6.24. The largest absolute Gasteiger partial charge is 0.361 e. The van der Waals surface area contributed by atoms with Gasteiger partial charge in [0.25, 0.3) is 5.91 Å². The Hall–Kier alpha value is -1.82. The molecule has 2 atom stereocenters. The van der Waals surface area contributed by atoms with Gasteiger partial charge in [-0.25, -0.2) is 8.42 Å². The van der Waals surface area contributed by atoms with Crippen molar-refractivity contribution in [3.05, 3.63) is 36.0 Å². The van der Waals surface area contributed by atoms with Crippen molar-refractivity contribution in [1.29, 1.82) is 0 Å². The highest BCUT2D eigenvalue weighted by molar-refractivity contribution is 7.91. The number of carbonyl (C=O) groups excluding carboxylic acids is 1. The zero-order chi connectivity index (χ0) is 15.9. The van der Waals surface area contributed by atoms with Gasteiger partial charge in [0.2, 0.25) is 0 Å². The van der Waals surface area contributed by atoms with Gasteiger partial charge in [-0.2, -0.15) is 0 Å². The second-order valence-corrected chi connectivity index (χ2v) is 8.33. The third-order valence-electron chi connectivity index (χ3n) is 4.59. The van der Waals surface area contributed by atoms with Crippen LogP contribution < -0.4 is 0 Å². The third kappa shape index (κ3) is 2.63. The number of hydrogen-bond acceptors (Lipinski definition) is 3. The van der Waals surface area contributed by atoms with E-state index in [2.05, 4.69) is 4.98 Å². The summed E-state index contributed by atoms with van der Waals surface area (Å²) in [5, 5.41) is 0.530. The molecule has 2 aromatic rings. The van der Waals surface area contributed by atoms with Gasteiger partial charge < -0.3 is 9.88 Å². The zero-order valence-electron chi connectivity index (χ0n) is 12.7. The van der Waals surface area contributed by atoms with E-state index in [1.54, 1.807) is 18.0 Å². The molecule has 118 valence electrons. The molecule has 1 heterocycles. The van der Waals surface area contributed by atoms with E-state index >= 15 is 0 Å². The summed E-state index contributed by atoms with van der Waals surface area (Å²) in [7, 11) is -1.43. The predicted octanol–water partition coefficient (Wildman–Crippen LogP) is 2.21. The lowest BCUT2D eigenvalue weighted by molar-refractivity contribution is 0.0737. The molecule has 1 fully saturated rings. The molecule has 0 bridgehead atoms. The van der Waals surface area contributed by atoms with Crippen molar-refractivity contribution in [2.24, 2.45) is 0 Å². The molecule has 1 N–H and O–H groups in total. The van der Waals surface area contributed by atoms with Gasteiger partial charge in [0, 0.05) is 42.0 Å². The van der Waals surface area contributed by atoms with Crippen molar-refractivity contribution in [1.82, 2.24) is 9.88 Å². The van der Waals surface area contributed by atoms with Crippen molar-refractivity contribution in [3.8, 4) is 0 Å². The second-order valence-electron chi connectivity index (χ2n) is 6.06. The number of sulfone groups is 1. The number of aromatic nitrogens is 1. The fourth-order valence-electron chi connectivity index (χ4n) is 3.39. The first-order chi connectivity index (χ1) is 10.4. The fraction of sp³-hybridized carbons (Fsp3) is 0.438. The van der Waals surface area contributed by atoms with Crippen LogP contribution in [0.3, 0.4) is 0 Å². The lowest BCUT2D eigenvalue weighted by Gasteiger charge is -2.29. The number of nitrogens with one attached hydrogen (secondary N) is 1. The first-order valence-corrected chi connectivity index (χ1v) is 9.36. The van der Waals surface area contributed by atoms with Crippen LogP contribution >= 0.6 is 0 Å². The van der Waals surface area contributed by atoms with Gasteiger partial charge >= 0.3 is 0 Å². The number of hydrogen-bond donors (Lipinski definition) is 1. The summed E-state index contributed by atoms with van der Waals surface area (Å²) < 4.78 is 23.8. The Morgan fingerprint density at radius 1 is 1.27 bits per heavy atom. The SMILES string of the molecule is CN(C(=O)c1ccc2[nH]ccc2c1)[C@H]1CCC[C@H]1S(C)(=O)=O. The molecule has 0 spiro atoms. The highest BCUT2D eigenvalue weighted by atomic mass is 32.2. The number of benzene rings is 1. The molecule has 0 radical (unpaired) electrons. The Balaban J connectivity index is 1.87. The average molecular weight is 320 g/mol. The van der Waals surface area contributed by atoms with Crippen LogP contribution in [-0.2, 0) is 9.84 Å². The summed E-state index contributed by atoms with van der Waals surface area (Å²) in [5.41, 5.74) is 1.57. The van der Waals surface area contributed by atoms with Crippen molar-refractivity contribution in [2.45, 2.75) is 30.6 Å². The van der Waals surface area contributed by atoms with Crippen LogP contribution in [0.25, 0.3) is 10.9 Å². The molecule has 0 unspecified atom stereocenters. The van der Waals surface area contributed by atoms with Crippen LogP contribution in [0.5, 0.6) is 0 Å². The number of amides is 1. The number of fused-ring (bicyclic) bond motifs is 1. The van der Waals surface area contributed by atoms with Crippen molar-refractivity contribution in [2.75, 3.05) is 13.3 Å². The Morgan fingerprint density at radius 3 is 2.77 bits per heavy atom. The molecular weight excluding hydrogens is 300 g/mol. The van der Waals surface area contributed by atoms with Gasteiger partial charge in [-0.1, -0.05) is 0 Å². The van der Waals surface area contributed by atoms with Gasteiger partial charge in [0.15, 0.2) is 9.84 Å². The van der Waals surface area contributed by atoms with Gasteiger partial charge in [0.1, 0.15) is 0 Å². The zero-order valence-corrected chi connectivity index (χ0v) is 13.6. The Morgan fingerprint density at radius 2 is 2.05 bits per heavy atom. The molecule has 1 aliphatic carbocycles. The van der Waals surface area contributed by atoms with E-state index in [1.807, 2.05) is 24.4 Å². The summed E-state index contributed by atoms with van der Waals surface area (Å²) in [6.07, 6.45) is 5.32. The minimum Gasteiger partial charge on any atom is -0.361 e. The monoisotopic (exact) mass is 320 g/mol. The molecule has 1 amide bonds. The summed E-state index contributed by atoms with van der Waals surface area (Å²) in [4.78, 5) is 17.4. The maximum atomic E-state index is 12.7. The lowest BCUT2D eigenvalue weighted by atomic mass is 10.1. The van der Waals surface area contributed by atoms with Gasteiger partial charge in [-0.15, -0.1) is 0 Å². The molecule has 3 rings (SSSR count). The Bertz CT molecular complexity index is 810. The van der Waals surface area contributed by atoms with E-state index < -0.39 is 15.1 Å². The molecular formula is C16H20N2O3S. The highest BCUT2D eigenvalue weighted by Gasteiger charge is 2.38. The van der Waals surface area contributed by atoms with E-state index in [0.29, 0.717) is 12.0 Å². The molecule has 6 heteroatoms. The molecule has 1 aromatic carbocycles. The van der Waals surface area contributed by atoms with E-state index in [4.69, 9.17) is 0 Å². The quantitative estimate of drug-likeness (QED) is 0.942. The van der Waals surface area contributed by atoms with Gasteiger partial charge in [-0.3, -0.25) is 4.79 Å². The summed E-state index contributed by atoms with van der Waals surface area (Å²) >= 11 is 0. The standard InChI is InChI=1S/C16H20N2O3S/c1-18(14-4-3-5-15(14)22(2,20)21)16(19)12-6-7-13-11(10-12)8-9-17-13/h6-10,14-15,17H,3-5H2,1-2H3/t14-,15+/m0/s1. The predicted molar refractivity (Wildman–Crippen MR) is 86.7 cm³/mol. The Kier molecular flexibility index (Phi) is 3.72. The van der Waals surface area contributed by atoms with Crippen molar-refractivity contribution < 1.29 is 13.2 Å². The average Bonchev–Trinajstić information content (AvgIpc) is 3.12. The lowest BCUT2D eigenvalue weighted by Crippen LogP contribution is -2.44. The van der Waals surface area contributed by atoms with Crippen LogP contribution in [0.15, 0.2) is 30.5 Å². The highest BCUT2D eigenvalue weighted by Crippen LogP contribution is 2.29. The topological polar surface area (TPSA) is 70.2 Å². The molecule has 0 aliphatic heterocycles. The number of H-pyrrole nitrogens is 1. The number of aromatic amines is 1. The van der Waals surface area contributed by atoms with Crippen LogP contribution in [0, 0.1) is 0 Å². The molecule has 1 saturated carbocycles. The van der Waals surface area contributed by atoms with E-state index in [-0.39, 0.29) is 11.9 Å². The van der Waals surface area contributed by atoms with Crippen LogP contribution in [0.2, 0.25) is 0 Å². The smallest absolute Gasteiger partial charge is 0.253 e. The van der Waals surface area contributed by atoms with E-state index in [9.17, 15) is 13.2 Å². The van der Waals surface area contributed by atoms with Gasteiger partial charge in [0.05, 0.1) is 5.25 Å². The van der Waals surface area contributed by atoms with Crippen LogP contribution in [0.1, 0.15) is 29.6 Å². The summed E-state index contributed by atoms with van der Waals surface area (Å²) in [6, 6.07) is 7.18. The molecule has 0 saturated heterocycles. The summed E-state index contributed by atoms with van der Waals surface area (Å²) in [6.45, 7) is 0. The van der Waals surface area contributed by atoms with Crippen molar-refractivity contribution in [3.63, 3.8) is 0 Å². The maximum Gasteiger partial charge on any atom is 0.253 e. The molecule has 22 heavy (non-hydrogen) atoms. The van der Waals surface area contributed by atoms with Crippen LogP contribution in [0.4, 0.5) is 0 Å². The Labute approximate surface area is 130 Å². The first-order valence-electron chi connectivity index (χ1n) is 7.41. The number of nitrogens with zero attached hydrogens (tertiary/aromatic N) is 1. The molecule has 1 aromatic heterocycles. The maximum absolute atomic E-state index is 12.7. The fourth-order valence-corrected chi connectivity index (χ4v) is 4.87. The number of rotatable bonds is 3. The van der Waals surface area contributed by atoms with E-state index in [1.165, 1.54) is 6.26 Å². The summed E-state index contributed by atoms with van der Waals surface area (Å²) in [5.74, 6) is -0.122. The second kappa shape index (κ2) is 5.43. The normalized spacial score (nSPS) is 22.1. The molecule has 1 aliphatic rings. The van der Waals surface area contributed by atoms with Crippen molar-refractivity contribution >= 4 is 26.6 Å². The van der Waals surface area contributed by atoms with Gasteiger partial charge in [-0.05, 0) is 43.5 Å². The van der Waals surface area contributed by atoms with E-state index in [0.717, 1.165) is 23.7 Å². The van der Waals surface area contributed by atoms with Crippen LogP contribution in [-0.4, -0.2) is 48.8 Å². The number of carbonyl (C=O) groups is 1. The minimum atomic E-state index is -3.14. The molecule has 5 nitrogen and oxygen atoms in total.